The number of amides is 2. The summed E-state index contributed by atoms with van der Waals surface area (Å²) in [4.78, 5) is 44.1. The number of halogens is 1. The molecular weight excluding hydrogens is 583 g/mol. The van der Waals surface area contributed by atoms with E-state index in [1.54, 1.807) is 35.1 Å². The van der Waals surface area contributed by atoms with E-state index in [0.29, 0.717) is 47.4 Å². The molecule has 9 nitrogen and oxygen atoms in total. The van der Waals surface area contributed by atoms with E-state index in [0.717, 1.165) is 34.2 Å². The lowest BCUT2D eigenvalue weighted by molar-refractivity contribution is -0.127. The maximum atomic E-state index is 13.2. The van der Waals surface area contributed by atoms with Gasteiger partial charge in [-0.1, -0.05) is 32.0 Å². The first-order valence-corrected chi connectivity index (χ1v) is 13.3. The van der Waals surface area contributed by atoms with Gasteiger partial charge in [-0.05, 0) is 48.2 Å². The van der Waals surface area contributed by atoms with E-state index in [1.807, 2.05) is 41.3 Å². The fourth-order valence-corrected chi connectivity index (χ4v) is 4.58. The first-order chi connectivity index (χ1) is 17.8. The third-order valence-corrected chi connectivity index (χ3v) is 6.73. The Morgan fingerprint density at radius 1 is 1.11 bits per heavy atom. The van der Waals surface area contributed by atoms with Gasteiger partial charge in [-0.15, -0.1) is 0 Å². The summed E-state index contributed by atoms with van der Waals surface area (Å²) in [5, 5.41) is 5.30. The number of nitrogens with zero attached hydrogens (tertiary/aromatic N) is 4. The summed E-state index contributed by atoms with van der Waals surface area (Å²) < 4.78 is 3.61. The van der Waals surface area contributed by atoms with Gasteiger partial charge >= 0.3 is 0 Å². The van der Waals surface area contributed by atoms with Crippen LogP contribution in [0.5, 0.6) is 0 Å². The Labute approximate surface area is 228 Å². The number of fused-ring (bicyclic) bond motifs is 2. The van der Waals surface area contributed by atoms with Crippen LogP contribution in [0.2, 0.25) is 0 Å². The molecule has 0 saturated carbocycles. The van der Waals surface area contributed by atoms with E-state index in [4.69, 9.17) is 5.73 Å². The van der Waals surface area contributed by atoms with Gasteiger partial charge in [0.25, 0.3) is 5.56 Å². The lowest BCUT2D eigenvalue weighted by Crippen LogP contribution is -2.34. The van der Waals surface area contributed by atoms with Gasteiger partial charge in [-0.25, -0.2) is 9.67 Å². The Morgan fingerprint density at radius 2 is 1.81 bits per heavy atom. The minimum atomic E-state index is -0.328. The summed E-state index contributed by atoms with van der Waals surface area (Å²) in [7, 11) is 0. The highest BCUT2D eigenvalue weighted by molar-refractivity contribution is 14.1. The topological polar surface area (TPSA) is 123 Å². The molecule has 0 spiro atoms. The van der Waals surface area contributed by atoms with Gasteiger partial charge in [0.15, 0.2) is 0 Å². The molecule has 2 aromatic carbocycles. The molecule has 192 valence electrons. The van der Waals surface area contributed by atoms with Crippen LogP contribution in [0.15, 0.2) is 58.0 Å². The number of nitrogens with one attached hydrogen (secondary N) is 1. The van der Waals surface area contributed by atoms with Crippen molar-refractivity contribution in [1.29, 1.82) is 0 Å². The molecule has 0 unspecified atom stereocenters. The molecular formula is C27H29IN6O3. The summed E-state index contributed by atoms with van der Waals surface area (Å²) in [6.07, 6.45) is 5.56. The van der Waals surface area contributed by atoms with Crippen LogP contribution in [0.1, 0.15) is 38.7 Å². The van der Waals surface area contributed by atoms with Crippen LogP contribution in [0.25, 0.3) is 28.0 Å². The van der Waals surface area contributed by atoms with Gasteiger partial charge < -0.3 is 10.6 Å². The first-order valence-electron chi connectivity index (χ1n) is 12.2. The number of aromatic nitrogens is 2. The predicted octanol–water partition coefficient (Wildman–Crippen LogP) is 3.95. The Bertz CT molecular complexity index is 1470. The molecule has 0 radical (unpaired) electrons. The normalized spacial score (nSPS) is 12.8. The number of benzene rings is 2. The van der Waals surface area contributed by atoms with Crippen molar-refractivity contribution in [2.45, 2.75) is 39.7 Å². The summed E-state index contributed by atoms with van der Waals surface area (Å²) >= 11 is 1.73. The number of hydrogen-bond acceptors (Lipinski definition) is 6. The van der Waals surface area contributed by atoms with Gasteiger partial charge in [0.05, 0.1) is 40.1 Å². The van der Waals surface area contributed by atoms with Crippen molar-refractivity contribution in [1.82, 2.24) is 18.2 Å². The fourth-order valence-electron chi connectivity index (χ4n) is 4.41. The zero-order valence-corrected chi connectivity index (χ0v) is 23.0. The van der Waals surface area contributed by atoms with Gasteiger partial charge in [-0.3, -0.25) is 17.9 Å². The van der Waals surface area contributed by atoms with Crippen molar-refractivity contribution >= 4 is 63.1 Å². The molecule has 2 amide bonds. The van der Waals surface area contributed by atoms with Crippen molar-refractivity contribution in [3.8, 4) is 11.1 Å². The molecule has 0 aliphatic carbocycles. The van der Waals surface area contributed by atoms with Crippen LogP contribution >= 0.6 is 22.9 Å². The van der Waals surface area contributed by atoms with Gasteiger partial charge in [0.1, 0.15) is 12.4 Å². The molecule has 3 N–H and O–H groups in total. The van der Waals surface area contributed by atoms with Gasteiger partial charge in [0.2, 0.25) is 11.8 Å². The van der Waals surface area contributed by atoms with Crippen molar-refractivity contribution in [3.63, 3.8) is 0 Å². The van der Waals surface area contributed by atoms with Crippen LogP contribution in [-0.4, -0.2) is 45.4 Å². The zero-order valence-electron chi connectivity index (χ0n) is 20.8. The summed E-state index contributed by atoms with van der Waals surface area (Å²) in [6.45, 7) is 5.40. The molecule has 0 fully saturated rings. The van der Waals surface area contributed by atoms with E-state index >= 15 is 0 Å². The number of nitrogens with two attached hydrogens (primary N) is 1. The van der Waals surface area contributed by atoms with Crippen molar-refractivity contribution in [3.05, 3.63) is 64.1 Å². The zero-order chi connectivity index (χ0) is 26.5. The molecule has 0 atom stereocenters. The minimum absolute atomic E-state index is 0.00225. The monoisotopic (exact) mass is 612 g/mol. The van der Waals surface area contributed by atoms with E-state index < -0.39 is 0 Å². The van der Waals surface area contributed by atoms with Crippen LogP contribution < -0.4 is 14.8 Å². The van der Waals surface area contributed by atoms with Crippen molar-refractivity contribution < 1.29 is 9.59 Å². The van der Waals surface area contributed by atoms with Crippen molar-refractivity contribution in [2.75, 3.05) is 13.1 Å². The third kappa shape index (κ3) is 5.90. The number of carbonyl (C=O) groups excluding carboxylic acids is 2. The molecule has 37 heavy (non-hydrogen) atoms. The number of rotatable bonds is 8. The number of amidine groups is 1. The van der Waals surface area contributed by atoms with Gasteiger partial charge in [0, 0.05) is 36.0 Å². The average Bonchev–Trinajstić information content (AvgIpc) is 3.06. The summed E-state index contributed by atoms with van der Waals surface area (Å²) in [5.74, 6) is 0.0861. The van der Waals surface area contributed by atoms with E-state index in [9.17, 15) is 14.4 Å². The highest BCUT2D eigenvalue weighted by atomic mass is 127. The van der Waals surface area contributed by atoms with Crippen LogP contribution in [0, 0.1) is 0 Å². The molecule has 1 aliphatic heterocycles. The molecule has 0 saturated heterocycles. The highest BCUT2D eigenvalue weighted by Gasteiger charge is 2.21. The Morgan fingerprint density at radius 3 is 2.51 bits per heavy atom. The maximum Gasteiger partial charge on any atom is 0.275 e. The van der Waals surface area contributed by atoms with Crippen LogP contribution in [0.3, 0.4) is 0 Å². The smallest absolute Gasteiger partial charge is 0.275 e. The second-order valence-corrected chi connectivity index (χ2v) is 9.48. The average molecular weight is 612 g/mol. The molecule has 3 aromatic rings. The van der Waals surface area contributed by atoms with E-state index in [1.165, 1.54) is 0 Å². The van der Waals surface area contributed by atoms with E-state index in [-0.39, 0.29) is 23.9 Å². The van der Waals surface area contributed by atoms with Crippen LogP contribution in [0.4, 0.5) is 5.69 Å². The maximum absolute atomic E-state index is 13.2. The Hall–Kier alpha value is -3.54. The molecule has 1 aliphatic rings. The van der Waals surface area contributed by atoms with Gasteiger partial charge in [-0.2, -0.15) is 5.10 Å². The lowest BCUT2D eigenvalue weighted by Gasteiger charge is -2.22. The predicted molar refractivity (Wildman–Crippen MR) is 155 cm³/mol. The van der Waals surface area contributed by atoms with Crippen LogP contribution in [-0.2, 0) is 16.1 Å². The standard InChI is InChI=1S/C27H29IN6O3/c1-3-9-33(10-4-2)26(36)20-12-19-6-5-18(13-23(19)31-24(29)14-20)17-7-8-22-21(11-17)15-30-34(27(22)37)16-25(35)32-28/h5-8,11-13,15H,3-4,9-10,14,16H2,1-2H3,(H2,29,31)(H,32,35). The fraction of sp³-hybridized carbons (Fsp3) is 0.296. The number of aliphatic imine (C=N–C) groups is 1. The molecule has 0 bridgehead atoms. The molecule has 4 rings (SSSR count). The van der Waals surface area contributed by atoms with E-state index in [2.05, 4.69) is 27.5 Å². The molecule has 10 heteroatoms. The Kier molecular flexibility index (Phi) is 8.37. The lowest BCUT2D eigenvalue weighted by atomic mass is 9.99. The summed E-state index contributed by atoms with van der Waals surface area (Å²) in [5.41, 5.74) is 9.84. The second kappa shape index (κ2) is 11.7. The molecule has 2 heterocycles. The summed E-state index contributed by atoms with van der Waals surface area (Å²) in [6, 6.07) is 11.3. The quantitative estimate of drug-likeness (QED) is 0.295. The minimum Gasteiger partial charge on any atom is -0.387 e. The Balaban J connectivity index is 1.68. The highest BCUT2D eigenvalue weighted by Crippen LogP contribution is 2.33. The molecule has 1 aromatic heterocycles. The first kappa shape index (κ1) is 26.5. The van der Waals surface area contributed by atoms with Crippen molar-refractivity contribution in [2.24, 2.45) is 10.7 Å². The number of hydrogen-bond donors (Lipinski definition) is 2. The largest absolute Gasteiger partial charge is 0.387 e. The number of carbonyl (C=O) groups is 2. The SMILES string of the molecule is CCCN(CCC)C(=O)C1=Cc2ccc(-c3ccc4c(=O)n(CC(=O)NI)ncc4c3)cc2N=C(N)C1. The second-order valence-electron chi connectivity index (χ2n) is 8.94. The third-order valence-electron chi connectivity index (χ3n) is 6.13.